The van der Waals surface area contributed by atoms with Gasteiger partial charge in [0.15, 0.2) is 0 Å². The Kier molecular flexibility index (Phi) is 4.32. The molecule has 0 amide bonds. The minimum absolute atomic E-state index is 0.0279. The summed E-state index contributed by atoms with van der Waals surface area (Å²) in [5, 5.41) is 16.9. The molecule has 0 aliphatic carbocycles. The zero-order valence-corrected chi connectivity index (χ0v) is 10.5. The highest BCUT2D eigenvalue weighted by Gasteiger charge is 2.17. The van der Waals surface area contributed by atoms with E-state index < -0.39 is 0 Å². The summed E-state index contributed by atoms with van der Waals surface area (Å²) >= 11 is 0. The van der Waals surface area contributed by atoms with Crippen LogP contribution in [-0.2, 0) is 13.6 Å². The van der Waals surface area contributed by atoms with Crippen molar-refractivity contribution in [3.8, 4) is 0 Å². The highest BCUT2D eigenvalue weighted by atomic mass is 16.3. The van der Waals surface area contributed by atoms with Crippen molar-refractivity contribution in [2.45, 2.75) is 33.4 Å². The summed E-state index contributed by atoms with van der Waals surface area (Å²) < 4.78 is 1.78. The highest BCUT2D eigenvalue weighted by Crippen LogP contribution is 2.20. The first-order chi connectivity index (χ1) is 7.51. The summed E-state index contributed by atoms with van der Waals surface area (Å²) in [6.45, 7) is 6.64. The Morgan fingerprint density at radius 2 is 2.12 bits per heavy atom. The summed E-state index contributed by atoms with van der Waals surface area (Å²) in [6.07, 6.45) is 0. The largest absolute Gasteiger partial charge is 0.394 e. The van der Waals surface area contributed by atoms with E-state index in [-0.39, 0.29) is 12.6 Å². The second-order valence-electron chi connectivity index (χ2n) is 4.42. The quantitative estimate of drug-likeness (QED) is 0.688. The number of anilines is 1. The molecule has 0 aliphatic rings. The fraction of sp³-hybridized carbons (Fsp3) is 0.727. The van der Waals surface area contributed by atoms with Crippen molar-refractivity contribution in [2.24, 2.45) is 18.7 Å². The molecule has 0 radical (unpaired) electrons. The van der Waals surface area contributed by atoms with Gasteiger partial charge in [0.1, 0.15) is 5.82 Å². The molecule has 0 spiro atoms. The molecule has 0 bridgehead atoms. The molecule has 5 heteroatoms. The number of rotatable bonds is 5. The minimum Gasteiger partial charge on any atom is -0.394 e. The number of aromatic nitrogens is 2. The normalized spacial score (nSPS) is 13.2. The Labute approximate surface area is 96.6 Å². The van der Waals surface area contributed by atoms with Crippen molar-refractivity contribution in [3.63, 3.8) is 0 Å². The summed E-state index contributed by atoms with van der Waals surface area (Å²) in [6, 6.07) is 0.0279. The number of nitrogens with two attached hydrogens (primary N) is 1. The van der Waals surface area contributed by atoms with Crippen molar-refractivity contribution in [2.75, 3.05) is 11.9 Å². The van der Waals surface area contributed by atoms with Crippen LogP contribution in [0.4, 0.5) is 5.82 Å². The van der Waals surface area contributed by atoms with Crippen LogP contribution in [0.15, 0.2) is 0 Å². The van der Waals surface area contributed by atoms with Crippen molar-refractivity contribution in [1.29, 1.82) is 0 Å². The third kappa shape index (κ3) is 2.54. The van der Waals surface area contributed by atoms with Gasteiger partial charge in [0, 0.05) is 19.2 Å². The average molecular weight is 226 g/mol. The van der Waals surface area contributed by atoms with Crippen LogP contribution in [0.1, 0.15) is 25.1 Å². The summed E-state index contributed by atoms with van der Waals surface area (Å²) in [7, 11) is 1.88. The standard InChI is InChI=1S/C11H22N4O/c1-7(2)10(6-16)13-11-9(5-12)8(3)14-15(11)4/h7,10,13,16H,5-6,12H2,1-4H3/t10-/m1/s1. The van der Waals surface area contributed by atoms with Crippen LogP contribution in [0, 0.1) is 12.8 Å². The Balaban J connectivity index is 2.95. The number of aliphatic hydroxyl groups excluding tert-OH is 1. The topological polar surface area (TPSA) is 76.1 Å². The lowest BCUT2D eigenvalue weighted by Gasteiger charge is -2.21. The van der Waals surface area contributed by atoms with Gasteiger partial charge in [0.25, 0.3) is 0 Å². The molecule has 0 aromatic carbocycles. The molecule has 1 aromatic heterocycles. The van der Waals surface area contributed by atoms with Crippen molar-refractivity contribution < 1.29 is 5.11 Å². The molecule has 1 rings (SSSR count). The van der Waals surface area contributed by atoms with Crippen LogP contribution in [-0.4, -0.2) is 27.5 Å². The maximum absolute atomic E-state index is 9.30. The predicted octanol–water partition coefficient (Wildman–Crippen LogP) is 0.616. The van der Waals surface area contributed by atoms with Gasteiger partial charge >= 0.3 is 0 Å². The maximum Gasteiger partial charge on any atom is 0.129 e. The zero-order chi connectivity index (χ0) is 12.3. The van der Waals surface area contributed by atoms with Crippen LogP contribution in [0.5, 0.6) is 0 Å². The van der Waals surface area contributed by atoms with Gasteiger partial charge in [-0.1, -0.05) is 13.8 Å². The van der Waals surface area contributed by atoms with Crippen LogP contribution in [0.3, 0.4) is 0 Å². The van der Waals surface area contributed by atoms with E-state index in [2.05, 4.69) is 24.3 Å². The minimum atomic E-state index is 0.0279. The number of aryl methyl sites for hydroxylation is 2. The smallest absolute Gasteiger partial charge is 0.129 e. The lowest BCUT2D eigenvalue weighted by atomic mass is 10.1. The second kappa shape index (κ2) is 5.32. The maximum atomic E-state index is 9.30. The molecule has 1 aromatic rings. The van der Waals surface area contributed by atoms with Crippen molar-refractivity contribution >= 4 is 5.82 Å². The lowest BCUT2D eigenvalue weighted by molar-refractivity contribution is 0.248. The van der Waals surface area contributed by atoms with Crippen LogP contribution < -0.4 is 11.1 Å². The molecule has 0 saturated carbocycles. The van der Waals surface area contributed by atoms with E-state index in [4.69, 9.17) is 5.73 Å². The van der Waals surface area contributed by atoms with Gasteiger partial charge in [-0.15, -0.1) is 0 Å². The van der Waals surface area contributed by atoms with E-state index in [1.165, 1.54) is 0 Å². The first-order valence-corrected chi connectivity index (χ1v) is 5.61. The molecule has 5 nitrogen and oxygen atoms in total. The fourth-order valence-electron chi connectivity index (χ4n) is 1.73. The number of nitrogens with zero attached hydrogens (tertiary/aromatic N) is 2. The Morgan fingerprint density at radius 3 is 2.56 bits per heavy atom. The van der Waals surface area contributed by atoms with Gasteiger partial charge in [-0.25, -0.2) is 0 Å². The Hall–Kier alpha value is -1.07. The molecule has 16 heavy (non-hydrogen) atoms. The number of hydrogen-bond acceptors (Lipinski definition) is 4. The lowest BCUT2D eigenvalue weighted by Crippen LogP contribution is -2.31. The monoisotopic (exact) mass is 226 g/mol. The second-order valence-corrected chi connectivity index (χ2v) is 4.42. The van der Waals surface area contributed by atoms with Gasteiger partial charge in [-0.05, 0) is 12.8 Å². The molecule has 1 atom stereocenters. The number of nitrogens with one attached hydrogen (secondary N) is 1. The molecular weight excluding hydrogens is 204 g/mol. The van der Waals surface area contributed by atoms with E-state index in [1.807, 2.05) is 14.0 Å². The molecule has 0 aliphatic heterocycles. The fourth-order valence-corrected chi connectivity index (χ4v) is 1.73. The summed E-state index contributed by atoms with van der Waals surface area (Å²) in [5.74, 6) is 1.26. The molecule has 1 heterocycles. The van der Waals surface area contributed by atoms with Crippen LogP contribution in [0.2, 0.25) is 0 Å². The molecule has 4 N–H and O–H groups in total. The number of aliphatic hydroxyl groups is 1. The van der Waals surface area contributed by atoms with E-state index in [1.54, 1.807) is 4.68 Å². The van der Waals surface area contributed by atoms with E-state index in [0.29, 0.717) is 12.5 Å². The highest BCUT2D eigenvalue weighted by molar-refractivity contribution is 5.48. The third-order valence-electron chi connectivity index (χ3n) is 2.87. The van der Waals surface area contributed by atoms with Crippen molar-refractivity contribution in [1.82, 2.24) is 9.78 Å². The SMILES string of the molecule is Cc1nn(C)c(N[C@H](CO)C(C)C)c1CN. The molecule has 0 fully saturated rings. The zero-order valence-electron chi connectivity index (χ0n) is 10.5. The van der Waals surface area contributed by atoms with Crippen LogP contribution in [0.25, 0.3) is 0 Å². The molecular formula is C11H22N4O. The Morgan fingerprint density at radius 1 is 1.50 bits per heavy atom. The van der Waals surface area contributed by atoms with E-state index in [9.17, 15) is 5.11 Å². The Bertz CT molecular complexity index is 346. The van der Waals surface area contributed by atoms with E-state index in [0.717, 1.165) is 17.1 Å². The van der Waals surface area contributed by atoms with Crippen molar-refractivity contribution in [3.05, 3.63) is 11.3 Å². The van der Waals surface area contributed by atoms with Gasteiger partial charge in [-0.3, -0.25) is 4.68 Å². The average Bonchev–Trinajstić information content (AvgIpc) is 2.48. The first-order valence-electron chi connectivity index (χ1n) is 5.61. The first kappa shape index (κ1) is 13.0. The van der Waals surface area contributed by atoms with Gasteiger partial charge in [0.05, 0.1) is 18.3 Å². The summed E-state index contributed by atoms with van der Waals surface area (Å²) in [4.78, 5) is 0. The summed E-state index contributed by atoms with van der Waals surface area (Å²) in [5.41, 5.74) is 7.66. The molecule has 92 valence electrons. The van der Waals surface area contributed by atoms with Crippen LogP contribution >= 0.6 is 0 Å². The van der Waals surface area contributed by atoms with E-state index >= 15 is 0 Å². The predicted molar refractivity (Wildman–Crippen MR) is 65.2 cm³/mol. The van der Waals surface area contributed by atoms with Gasteiger partial charge < -0.3 is 16.2 Å². The van der Waals surface area contributed by atoms with Gasteiger partial charge in [-0.2, -0.15) is 5.10 Å². The molecule has 0 saturated heterocycles. The third-order valence-corrected chi connectivity index (χ3v) is 2.87. The molecule has 0 unspecified atom stereocenters. The van der Waals surface area contributed by atoms with Gasteiger partial charge in [0.2, 0.25) is 0 Å². The number of hydrogen-bond donors (Lipinski definition) is 3.